The Balaban J connectivity index is 2.11. The maximum Gasteiger partial charge on any atom is 0.295 e. The van der Waals surface area contributed by atoms with Gasteiger partial charge < -0.3 is 29.0 Å². The fraction of sp³-hybridized carbons (Fsp3) is 0.407. The number of benzene rings is 2. The van der Waals surface area contributed by atoms with Gasteiger partial charge in [-0.15, -0.1) is 0 Å². The van der Waals surface area contributed by atoms with Crippen LogP contribution in [0.15, 0.2) is 48.0 Å². The largest absolute Gasteiger partial charge is 0.507 e. The number of ether oxygens (including phenoxy) is 4. The monoisotopic (exact) mass is 483 g/mol. The number of aliphatic hydroxyl groups excluding tert-OH is 1. The summed E-state index contributed by atoms with van der Waals surface area (Å²) in [4.78, 5) is 27.5. The van der Waals surface area contributed by atoms with E-state index in [9.17, 15) is 14.7 Å². The number of nitrogens with zero attached hydrogens (tertiary/aromatic N) is 1. The van der Waals surface area contributed by atoms with Gasteiger partial charge in [-0.25, -0.2) is 0 Å². The van der Waals surface area contributed by atoms with Crippen LogP contribution in [0.5, 0.6) is 17.2 Å². The molecule has 1 atom stereocenters. The Kier molecular flexibility index (Phi) is 9.14. The summed E-state index contributed by atoms with van der Waals surface area (Å²) in [7, 11) is 3.07. The van der Waals surface area contributed by atoms with Gasteiger partial charge in [0.15, 0.2) is 11.5 Å². The molecule has 1 heterocycles. The highest BCUT2D eigenvalue weighted by atomic mass is 16.5. The lowest BCUT2D eigenvalue weighted by Gasteiger charge is -2.26. The zero-order chi connectivity index (χ0) is 25.4. The molecule has 8 heteroatoms. The van der Waals surface area contributed by atoms with Crippen LogP contribution in [0.2, 0.25) is 0 Å². The fourth-order valence-electron chi connectivity index (χ4n) is 3.96. The molecular weight excluding hydrogens is 450 g/mol. The Hall–Kier alpha value is -3.52. The van der Waals surface area contributed by atoms with Gasteiger partial charge in [-0.3, -0.25) is 9.59 Å². The molecule has 0 spiro atoms. The summed E-state index contributed by atoms with van der Waals surface area (Å²) in [6, 6.07) is 11.2. The average Bonchev–Trinajstić information content (AvgIpc) is 3.13. The molecule has 188 valence electrons. The Morgan fingerprint density at radius 3 is 2.34 bits per heavy atom. The van der Waals surface area contributed by atoms with E-state index in [1.807, 2.05) is 6.92 Å². The first-order chi connectivity index (χ1) is 17.0. The molecule has 2 aromatic rings. The summed E-state index contributed by atoms with van der Waals surface area (Å²) in [5.41, 5.74) is 1.05. The number of ketones is 1. The number of hydrogen-bond donors (Lipinski definition) is 1. The minimum absolute atomic E-state index is 0.0124. The summed E-state index contributed by atoms with van der Waals surface area (Å²) in [5, 5.41) is 11.2. The van der Waals surface area contributed by atoms with Crippen LogP contribution >= 0.6 is 0 Å². The zero-order valence-corrected chi connectivity index (χ0v) is 20.7. The van der Waals surface area contributed by atoms with Crippen molar-refractivity contribution in [1.29, 1.82) is 0 Å². The topological polar surface area (TPSA) is 94.5 Å². The van der Waals surface area contributed by atoms with Gasteiger partial charge in [0.05, 0.1) is 38.5 Å². The third-order valence-electron chi connectivity index (χ3n) is 5.78. The van der Waals surface area contributed by atoms with Crippen molar-refractivity contribution >= 4 is 17.4 Å². The molecule has 1 N–H and O–H groups in total. The number of amides is 1. The van der Waals surface area contributed by atoms with E-state index < -0.39 is 17.7 Å². The van der Waals surface area contributed by atoms with Crippen LogP contribution in [0.3, 0.4) is 0 Å². The maximum absolute atomic E-state index is 13.1. The van der Waals surface area contributed by atoms with E-state index >= 15 is 0 Å². The molecule has 1 amide bonds. The van der Waals surface area contributed by atoms with Crippen molar-refractivity contribution < 1.29 is 33.6 Å². The number of hydrogen-bond acceptors (Lipinski definition) is 7. The maximum atomic E-state index is 13.1. The predicted molar refractivity (Wildman–Crippen MR) is 132 cm³/mol. The number of unbranched alkanes of at least 4 members (excludes halogenated alkanes) is 1. The molecule has 35 heavy (non-hydrogen) atoms. The van der Waals surface area contributed by atoms with E-state index in [0.29, 0.717) is 41.6 Å². The summed E-state index contributed by atoms with van der Waals surface area (Å²) in [6.07, 6.45) is 1.91. The van der Waals surface area contributed by atoms with Gasteiger partial charge in [0.2, 0.25) is 0 Å². The Morgan fingerprint density at radius 1 is 0.971 bits per heavy atom. The number of carbonyl (C=O) groups is 2. The molecule has 1 aliphatic heterocycles. The van der Waals surface area contributed by atoms with Crippen molar-refractivity contribution in [3.8, 4) is 17.2 Å². The highest BCUT2D eigenvalue weighted by Crippen LogP contribution is 2.42. The minimum Gasteiger partial charge on any atom is -0.507 e. The van der Waals surface area contributed by atoms with Gasteiger partial charge in [-0.05, 0) is 55.3 Å². The van der Waals surface area contributed by atoms with Crippen LogP contribution in [-0.4, -0.2) is 62.3 Å². The molecule has 2 aromatic carbocycles. The van der Waals surface area contributed by atoms with Crippen LogP contribution < -0.4 is 14.2 Å². The SMILES string of the molecule is CCCCOc1ccc(C2C(=C(O)c3ccc(OC)cc3)C(=O)C(=O)N2CCOC)cc1OCC. The third kappa shape index (κ3) is 5.77. The summed E-state index contributed by atoms with van der Waals surface area (Å²) in [5.74, 6) is 0.0238. The molecular formula is C27H33NO7. The number of likely N-dealkylation sites (tertiary alicyclic amines) is 1. The van der Waals surface area contributed by atoms with Gasteiger partial charge in [0.1, 0.15) is 11.5 Å². The quantitative estimate of drug-likeness (QED) is 0.208. The molecule has 0 radical (unpaired) electrons. The molecule has 0 aliphatic carbocycles. The first kappa shape index (κ1) is 26.1. The van der Waals surface area contributed by atoms with Crippen LogP contribution in [0.25, 0.3) is 5.76 Å². The van der Waals surface area contributed by atoms with Crippen LogP contribution in [0, 0.1) is 0 Å². The second-order valence-electron chi connectivity index (χ2n) is 8.05. The highest BCUT2D eigenvalue weighted by Gasteiger charge is 2.46. The molecule has 0 aromatic heterocycles. The van der Waals surface area contributed by atoms with Gasteiger partial charge >= 0.3 is 0 Å². The van der Waals surface area contributed by atoms with Crippen molar-refractivity contribution in [3.05, 3.63) is 59.2 Å². The number of Topliss-reactive ketones (excluding diaryl/α,β-unsaturated/α-hetero) is 1. The molecule has 8 nitrogen and oxygen atoms in total. The van der Waals surface area contributed by atoms with Crippen LogP contribution in [0.1, 0.15) is 43.9 Å². The van der Waals surface area contributed by atoms with Gasteiger partial charge in [-0.2, -0.15) is 0 Å². The van der Waals surface area contributed by atoms with E-state index in [1.165, 1.54) is 12.0 Å². The molecule has 0 saturated carbocycles. The van der Waals surface area contributed by atoms with E-state index in [0.717, 1.165) is 12.8 Å². The van der Waals surface area contributed by atoms with Crippen molar-refractivity contribution in [3.63, 3.8) is 0 Å². The van der Waals surface area contributed by atoms with Gasteiger partial charge in [-0.1, -0.05) is 19.4 Å². The molecule has 1 unspecified atom stereocenters. The predicted octanol–water partition coefficient (Wildman–Crippen LogP) is 4.34. The van der Waals surface area contributed by atoms with E-state index in [-0.39, 0.29) is 24.5 Å². The van der Waals surface area contributed by atoms with E-state index in [1.54, 1.807) is 49.6 Å². The van der Waals surface area contributed by atoms with E-state index in [4.69, 9.17) is 18.9 Å². The van der Waals surface area contributed by atoms with Crippen LogP contribution in [0.4, 0.5) is 0 Å². The number of rotatable bonds is 12. The first-order valence-electron chi connectivity index (χ1n) is 11.8. The third-order valence-corrected chi connectivity index (χ3v) is 5.78. The normalized spacial score (nSPS) is 17.0. The smallest absolute Gasteiger partial charge is 0.295 e. The van der Waals surface area contributed by atoms with Crippen molar-refractivity contribution in [1.82, 2.24) is 4.90 Å². The lowest BCUT2D eigenvalue weighted by molar-refractivity contribution is -0.140. The summed E-state index contributed by atoms with van der Waals surface area (Å²) < 4.78 is 22.0. The van der Waals surface area contributed by atoms with Gasteiger partial charge in [0, 0.05) is 19.2 Å². The highest BCUT2D eigenvalue weighted by molar-refractivity contribution is 6.46. The Labute approximate surface area is 206 Å². The number of aliphatic hydroxyl groups is 1. The van der Waals surface area contributed by atoms with Crippen molar-refractivity contribution in [2.45, 2.75) is 32.7 Å². The standard InChI is InChI=1S/C27H33NO7/c1-5-7-15-35-21-13-10-19(17-22(21)34-6-2)24-23(26(30)27(31)28(24)14-16-32-3)25(29)18-8-11-20(33-4)12-9-18/h8-13,17,24,29H,5-7,14-16H2,1-4H3. The molecule has 1 saturated heterocycles. The lowest BCUT2D eigenvalue weighted by Crippen LogP contribution is -2.32. The fourth-order valence-corrected chi connectivity index (χ4v) is 3.96. The van der Waals surface area contributed by atoms with Crippen molar-refractivity contribution in [2.24, 2.45) is 0 Å². The average molecular weight is 484 g/mol. The van der Waals surface area contributed by atoms with Gasteiger partial charge in [0.25, 0.3) is 11.7 Å². The Bertz CT molecular complexity index is 1060. The number of carbonyl (C=O) groups excluding carboxylic acids is 2. The second kappa shape index (κ2) is 12.3. The summed E-state index contributed by atoms with van der Waals surface area (Å²) >= 11 is 0. The second-order valence-corrected chi connectivity index (χ2v) is 8.05. The molecule has 3 rings (SSSR count). The number of methoxy groups -OCH3 is 2. The lowest BCUT2D eigenvalue weighted by atomic mass is 9.95. The molecule has 1 aliphatic rings. The van der Waals surface area contributed by atoms with E-state index in [2.05, 4.69) is 6.92 Å². The first-order valence-corrected chi connectivity index (χ1v) is 11.8. The molecule has 1 fully saturated rings. The summed E-state index contributed by atoms with van der Waals surface area (Å²) in [6.45, 7) is 5.36. The Morgan fingerprint density at radius 2 is 1.71 bits per heavy atom. The van der Waals surface area contributed by atoms with Crippen molar-refractivity contribution in [2.75, 3.05) is 40.6 Å². The zero-order valence-electron chi connectivity index (χ0n) is 20.7. The van der Waals surface area contributed by atoms with Crippen LogP contribution in [-0.2, 0) is 14.3 Å². The molecule has 0 bridgehead atoms. The minimum atomic E-state index is -0.809.